The molecule has 0 spiro atoms. The minimum absolute atomic E-state index is 0.184. The van der Waals surface area contributed by atoms with Crippen molar-refractivity contribution in [1.82, 2.24) is 15.5 Å². The molecule has 128 valence electrons. The summed E-state index contributed by atoms with van der Waals surface area (Å²) in [5, 5.41) is 16.5. The maximum atomic E-state index is 11.7. The lowest BCUT2D eigenvalue weighted by Gasteiger charge is -2.19. The summed E-state index contributed by atoms with van der Waals surface area (Å²) in [5.74, 6) is 1.34. The number of amides is 1. The predicted octanol–water partition coefficient (Wildman–Crippen LogP) is 0.879. The highest BCUT2D eigenvalue weighted by Gasteiger charge is 2.25. The number of carbonyl (C=O) groups is 1. The van der Waals surface area contributed by atoms with Crippen LogP contribution in [0.25, 0.3) is 0 Å². The Balaban J connectivity index is 1.88. The summed E-state index contributed by atoms with van der Waals surface area (Å²) in [6, 6.07) is 3.65. The first-order valence-electron chi connectivity index (χ1n) is 8.18. The number of aliphatic hydroxyl groups excluding tert-OH is 1. The number of rotatable bonds is 6. The summed E-state index contributed by atoms with van der Waals surface area (Å²) in [7, 11) is 0. The fourth-order valence-corrected chi connectivity index (χ4v) is 2.59. The number of guanidine groups is 1. The van der Waals surface area contributed by atoms with Crippen molar-refractivity contribution in [2.24, 2.45) is 4.99 Å². The van der Waals surface area contributed by atoms with Crippen LogP contribution in [0.5, 0.6) is 0 Å². The first-order chi connectivity index (χ1) is 11.1. The van der Waals surface area contributed by atoms with Gasteiger partial charge in [0.1, 0.15) is 11.9 Å². The highest BCUT2D eigenvalue weighted by Crippen LogP contribution is 2.13. The molecular formula is C16H26N4O3. The predicted molar refractivity (Wildman–Crippen MR) is 88.1 cm³/mol. The molecule has 7 heteroatoms. The standard InChI is InChI=1S/C16H26N4O3/c1-3-15(22)20-8-7-12(11-20)19-16(17-4-2)18-10-13(21)14-6-5-9-23-14/h5-6,9,12-13,21H,3-4,7-8,10-11H2,1-2H3,(H2,17,18,19). The second-order valence-corrected chi connectivity index (χ2v) is 5.57. The number of hydrogen-bond donors (Lipinski definition) is 3. The van der Waals surface area contributed by atoms with Crippen molar-refractivity contribution >= 4 is 11.9 Å². The Labute approximate surface area is 136 Å². The summed E-state index contributed by atoms with van der Waals surface area (Å²) in [6.07, 6.45) is 2.21. The van der Waals surface area contributed by atoms with Crippen molar-refractivity contribution in [3.63, 3.8) is 0 Å². The van der Waals surface area contributed by atoms with Crippen LogP contribution in [0.2, 0.25) is 0 Å². The fourth-order valence-electron chi connectivity index (χ4n) is 2.59. The second kappa shape index (κ2) is 8.57. The minimum Gasteiger partial charge on any atom is -0.467 e. The number of aliphatic hydroxyl groups is 1. The molecule has 1 aliphatic heterocycles. The van der Waals surface area contributed by atoms with E-state index in [1.54, 1.807) is 12.1 Å². The smallest absolute Gasteiger partial charge is 0.222 e. The lowest BCUT2D eigenvalue weighted by Crippen LogP contribution is -2.45. The van der Waals surface area contributed by atoms with Crippen molar-refractivity contribution in [2.45, 2.75) is 38.8 Å². The monoisotopic (exact) mass is 322 g/mol. The molecule has 1 aromatic heterocycles. The third-order valence-corrected chi connectivity index (χ3v) is 3.82. The van der Waals surface area contributed by atoms with Gasteiger partial charge >= 0.3 is 0 Å². The Kier molecular flexibility index (Phi) is 6.46. The highest BCUT2D eigenvalue weighted by molar-refractivity contribution is 5.80. The zero-order chi connectivity index (χ0) is 16.7. The maximum Gasteiger partial charge on any atom is 0.222 e. The van der Waals surface area contributed by atoms with Gasteiger partial charge in [0, 0.05) is 32.1 Å². The summed E-state index contributed by atoms with van der Waals surface area (Å²) < 4.78 is 5.17. The van der Waals surface area contributed by atoms with E-state index in [2.05, 4.69) is 15.6 Å². The van der Waals surface area contributed by atoms with E-state index < -0.39 is 6.10 Å². The molecule has 1 aliphatic rings. The van der Waals surface area contributed by atoms with Crippen molar-refractivity contribution in [3.8, 4) is 0 Å². The number of nitrogens with one attached hydrogen (secondary N) is 2. The van der Waals surface area contributed by atoms with Crippen molar-refractivity contribution in [2.75, 3.05) is 26.2 Å². The Hall–Kier alpha value is -2.02. The van der Waals surface area contributed by atoms with E-state index in [9.17, 15) is 9.90 Å². The molecule has 1 aromatic rings. The van der Waals surface area contributed by atoms with E-state index in [0.717, 1.165) is 19.5 Å². The van der Waals surface area contributed by atoms with Crippen LogP contribution < -0.4 is 10.6 Å². The SMILES string of the molecule is CCNC(=NCC(O)c1ccco1)NC1CCN(C(=O)CC)C1. The number of carbonyl (C=O) groups excluding carboxylic acids is 1. The molecular weight excluding hydrogens is 296 g/mol. The summed E-state index contributed by atoms with van der Waals surface area (Å²) in [6.45, 7) is 6.28. The van der Waals surface area contributed by atoms with E-state index >= 15 is 0 Å². The molecule has 2 heterocycles. The Morgan fingerprint density at radius 3 is 3.04 bits per heavy atom. The number of hydrogen-bond acceptors (Lipinski definition) is 4. The molecule has 2 unspecified atom stereocenters. The van der Waals surface area contributed by atoms with Gasteiger partial charge in [-0.15, -0.1) is 0 Å². The third-order valence-electron chi connectivity index (χ3n) is 3.82. The van der Waals surface area contributed by atoms with Crippen LogP contribution in [0.15, 0.2) is 27.8 Å². The van der Waals surface area contributed by atoms with Gasteiger partial charge < -0.3 is 25.1 Å². The fraction of sp³-hybridized carbons (Fsp3) is 0.625. The molecule has 2 rings (SSSR count). The van der Waals surface area contributed by atoms with Crippen molar-refractivity contribution < 1.29 is 14.3 Å². The molecule has 0 aliphatic carbocycles. The lowest BCUT2D eigenvalue weighted by molar-refractivity contribution is -0.129. The molecule has 0 aromatic carbocycles. The second-order valence-electron chi connectivity index (χ2n) is 5.57. The van der Waals surface area contributed by atoms with Crippen LogP contribution >= 0.6 is 0 Å². The zero-order valence-corrected chi connectivity index (χ0v) is 13.8. The normalized spacial score (nSPS) is 19.7. The number of nitrogens with zero attached hydrogens (tertiary/aromatic N) is 2. The Morgan fingerprint density at radius 1 is 1.57 bits per heavy atom. The molecule has 0 radical (unpaired) electrons. The van der Waals surface area contributed by atoms with Gasteiger partial charge in [0.2, 0.25) is 5.91 Å². The van der Waals surface area contributed by atoms with Gasteiger partial charge in [0.05, 0.1) is 12.8 Å². The van der Waals surface area contributed by atoms with E-state index in [-0.39, 0.29) is 18.5 Å². The van der Waals surface area contributed by atoms with Crippen LogP contribution in [0, 0.1) is 0 Å². The molecule has 0 bridgehead atoms. The highest BCUT2D eigenvalue weighted by atomic mass is 16.4. The molecule has 1 fully saturated rings. The van der Waals surface area contributed by atoms with Gasteiger partial charge in [0.25, 0.3) is 0 Å². The summed E-state index contributed by atoms with van der Waals surface area (Å²) in [5.41, 5.74) is 0. The van der Waals surface area contributed by atoms with Gasteiger partial charge in [-0.25, -0.2) is 0 Å². The number of aliphatic imine (C=N–C) groups is 1. The zero-order valence-electron chi connectivity index (χ0n) is 13.8. The van der Waals surface area contributed by atoms with Crippen molar-refractivity contribution in [3.05, 3.63) is 24.2 Å². The van der Waals surface area contributed by atoms with Gasteiger partial charge in [-0.2, -0.15) is 0 Å². The van der Waals surface area contributed by atoms with Crippen LogP contribution in [0.4, 0.5) is 0 Å². The van der Waals surface area contributed by atoms with E-state index in [0.29, 0.717) is 24.7 Å². The van der Waals surface area contributed by atoms with Crippen molar-refractivity contribution in [1.29, 1.82) is 0 Å². The van der Waals surface area contributed by atoms with E-state index in [1.165, 1.54) is 6.26 Å². The van der Waals surface area contributed by atoms with Crippen LogP contribution in [-0.2, 0) is 4.79 Å². The molecule has 7 nitrogen and oxygen atoms in total. The Morgan fingerprint density at radius 2 is 2.39 bits per heavy atom. The first kappa shape index (κ1) is 17.3. The Bertz CT molecular complexity index is 515. The number of furan rings is 1. The first-order valence-corrected chi connectivity index (χ1v) is 8.18. The topological polar surface area (TPSA) is 90.1 Å². The molecule has 1 amide bonds. The quantitative estimate of drug-likeness (QED) is 0.534. The van der Waals surface area contributed by atoms with Gasteiger partial charge in [-0.05, 0) is 25.5 Å². The van der Waals surface area contributed by atoms with Gasteiger partial charge in [0.15, 0.2) is 5.96 Å². The van der Waals surface area contributed by atoms with Gasteiger partial charge in [-0.1, -0.05) is 6.92 Å². The third kappa shape index (κ3) is 4.99. The minimum atomic E-state index is -0.762. The lowest BCUT2D eigenvalue weighted by atomic mass is 10.2. The molecule has 1 saturated heterocycles. The van der Waals surface area contributed by atoms with Crippen LogP contribution in [0.3, 0.4) is 0 Å². The van der Waals surface area contributed by atoms with E-state index in [1.807, 2.05) is 18.7 Å². The number of likely N-dealkylation sites (tertiary alicyclic amines) is 1. The van der Waals surface area contributed by atoms with E-state index in [4.69, 9.17) is 4.42 Å². The van der Waals surface area contributed by atoms with Crippen LogP contribution in [-0.4, -0.2) is 54.1 Å². The average Bonchev–Trinajstić information content (AvgIpc) is 3.23. The molecule has 23 heavy (non-hydrogen) atoms. The summed E-state index contributed by atoms with van der Waals surface area (Å²) >= 11 is 0. The average molecular weight is 322 g/mol. The largest absolute Gasteiger partial charge is 0.467 e. The molecule has 2 atom stereocenters. The maximum absolute atomic E-state index is 11.7. The molecule has 0 saturated carbocycles. The van der Waals surface area contributed by atoms with Gasteiger partial charge in [-0.3, -0.25) is 9.79 Å². The van der Waals surface area contributed by atoms with Crippen LogP contribution in [0.1, 0.15) is 38.6 Å². The molecule has 3 N–H and O–H groups in total. The summed E-state index contributed by atoms with van der Waals surface area (Å²) in [4.78, 5) is 18.0.